The number of benzene rings is 1. The summed E-state index contributed by atoms with van der Waals surface area (Å²) in [6.45, 7) is 2.12. The van der Waals surface area contributed by atoms with E-state index in [0.717, 1.165) is 5.56 Å². The number of ether oxygens (including phenoxy) is 1. The smallest absolute Gasteiger partial charge is 0.330 e. The lowest BCUT2D eigenvalue weighted by molar-refractivity contribution is -0.137. The van der Waals surface area contributed by atoms with Gasteiger partial charge in [-0.1, -0.05) is 18.2 Å². The first-order valence-electron chi connectivity index (χ1n) is 6.49. The Labute approximate surface area is 127 Å². The fraction of sp³-hybridized carbons (Fsp3) is 0.125. The molecule has 5 heteroatoms. The molecule has 0 aliphatic heterocycles. The Kier molecular flexibility index (Phi) is 5.29. The van der Waals surface area contributed by atoms with Crippen molar-refractivity contribution in [1.29, 1.82) is 0 Å². The minimum absolute atomic E-state index is 0.125. The number of esters is 1. The van der Waals surface area contributed by atoms with Crippen molar-refractivity contribution in [2.24, 2.45) is 0 Å². The number of carbonyl (C=O) groups excluding carboxylic acids is 2. The zero-order chi connectivity index (χ0) is 15.1. The molecule has 0 saturated heterocycles. The number of amides is 1. The van der Waals surface area contributed by atoms with Gasteiger partial charge in [0.25, 0.3) is 5.91 Å². The molecular formula is C16H15NO3S. The summed E-state index contributed by atoms with van der Waals surface area (Å²) in [6.07, 6.45) is 3.05. The number of rotatable bonds is 5. The Hall–Kier alpha value is -2.40. The SMILES string of the molecule is CCOC(=O)C=Cc1ccc(NC(=O)c2cccs2)cc1. The third-order valence-electron chi connectivity index (χ3n) is 2.61. The predicted molar refractivity (Wildman–Crippen MR) is 84.4 cm³/mol. The highest BCUT2D eigenvalue weighted by Crippen LogP contribution is 2.14. The van der Waals surface area contributed by atoms with E-state index >= 15 is 0 Å². The first kappa shape index (κ1) is 15.0. The van der Waals surface area contributed by atoms with Gasteiger partial charge in [-0.3, -0.25) is 4.79 Å². The number of anilines is 1. The van der Waals surface area contributed by atoms with Gasteiger partial charge in [0.15, 0.2) is 0 Å². The van der Waals surface area contributed by atoms with E-state index in [1.54, 1.807) is 31.2 Å². The van der Waals surface area contributed by atoms with Crippen molar-refractivity contribution in [3.8, 4) is 0 Å². The van der Waals surface area contributed by atoms with Gasteiger partial charge in [0, 0.05) is 11.8 Å². The summed E-state index contributed by atoms with van der Waals surface area (Å²) in [4.78, 5) is 23.7. The van der Waals surface area contributed by atoms with Crippen LogP contribution < -0.4 is 5.32 Å². The lowest BCUT2D eigenvalue weighted by Crippen LogP contribution is -2.09. The molecule has 4 nitrogen and oxygen atoms in total. The van der Waals surface area contributed by atoms with Gasteiger partial charge >= 0.3 is 5.97 Å². The van der Waals surface area contributed by atoms with Crippen molar-refractivity contribution in [3.05, 3.63) is 58.3 Å². The molecule has 0 aliphatic carbocycles. The van der Waals surface area contributed by atoms with Gasteiger partial charge in [0.2, 0.25) is 0 Å². The van der Waals surface area contributed by atoms with Gasteiger partial charge in [-0.25, -0.2) is 4.79 Å². The first-order chi connectivity index (χ1) is 10.2. The highest BCUT2D eigenvalue weighted by molar-refractivity contribution is 7.12. The number of thiophene rings is 1. The number of hydrogen-bond acceptors (Lipinski definition) is 4. The van der Waals surface area contributed by atoms with Gasteiger partial charge in [-0.15, -0.1) is 11.3 Å². The molecule has 108 valence electrons. The van der Waals surface area contributed by atoms with Gasteiger partial charge in [-0.2, -0.15) is 0 Å². The van der Waals surface area contributed by atoms with E-state index in [1.165, 1.54) is 17.4 Å². The Morgan fingerprint density at radius 3 is 2.62 bits per heavy atom. The number of nitrogens with one attached hydrogen (secondary N) is 1. The minimum atomic E-state index is -0.368. The second-order valence-corrected chi connectivity index (χ2v) is 5.09. The Morgan fingerprint density at radius 1 is 1.24 bits per heavy atom. The minimum Gasteiger partial charge on any atom is -0.463 e. The molecule has 1 N–H and O–H groups in total. The second kappa shape index (κ2) is 7.40. The van der Waals surface area contributed by atoms with Crippen LogP contribution in [0.25, 0.3) is 6.08 Å². The third kappa shape index (κ3) is 4.57. The van der Waals surface area contributed by atoms with Crippen LogP contribution in [-0.4, -0.2) is 18.5 Å². The van der Waals surface area contributed by atoms with Crippen LogP contribution in [0.5, 0.6) is 0 Å². The van der Waals surface area contributed by atoms with Crippen LogP contribution in [0.4, 0.5) is 5.69 Å². The molecule has 1 amide bonds. The third-order valence-corrected chi connectivity index (χ3v) is 3.48. The van der Waals surface area contributed by atoms with Crippen LogP contribution in [0.1, 0.15) is 22.2 Å². The summed E-state index contributed by atoms with van der Waals surface area (Å²) < 4.78 is 4.80. The van der Waals surface area contributed by atoms with Crippen LogP contribution in [0, 0.1) is 0 Å². The van der Waals surface area contributed by atoms with Crippen LogP contribution >= 0.6 is 11.3 Å². The monoisotopic (exact) mass is 301 g/mol. The maximum absolute atomic E-state index is 11.9. The quantitative estimate of drug-likeness (QED) is 0.678. The number of hydrogen-bond donors (Lipinski definition) is 1. The second-order valence-electron chi connectivity index (χ2n) is 4.14. The summed E-state index contributed by atoms with van der Waals surface area (Å²) in [6, 6.07) is 10.8. The van der Waals surface area contributed by atoms with E-state index in [4.69, 9.17) is 4.74 Å². The molecule has 0 saturated carbocycles. The number of carbonyl (C=O) groups is 2. The fourth-order valence-electron chi connectivity index (χ4n) is 1.63. The van der Waals surface area contributed by atoms with E-state index < -0.39 is 0 Å². The van der Waals surface area contributed by atoms with Gasteiger partial charge < -0.3 is 10.1 Å². The Morgan fingerprint density at radius 2 is 2.00 bits per heavy atom. The summed E-state index contributed by atoms with van der Waals surface area (Å²) >= 11 is 1.39. The predicted octanol–water partition coefficient (Wildman–Crippen LogP) is 3.58. The van der Waals surface area contributed by atoms with Crippen molar-refractivity contribution in [2.75, 3.05) is 11.9 Å². The van der Waals surface area contributed by atoms with Crippen LogP contribution in [0.15, 0.2) is 47.9 Å². The largest absolute Gasteiger partial charge is 0.463 e. The molecule has 0 spiro atoms. The Bertz CT molecular complexity index is 630. The van der Waals surface area contributed by atoms with Crippen molar-refractivity contribution in [2.45, 2.75) is 6.92 Å². The molecule has 1 aromatic heterocycles. The van der Waals surface area contributed by atoms with E-state index in [-0.39, 0.29) is 11.9 Å². The van der Waals surface area contributed by atoms with Crippen LogP contribution in [0.2, 0.25) is 0 Å². The average molecular weight is 301 g/mol. The topological polar surface area (TPSA) is 55.4 Å². The molecule has 0 unspecified atom stereocenters. The zero-order valence-corrected chi connectivity index (χ0v) is 12.4. The Balaban J connectivity index is 1.96. The standard InChI is InChI=1S/C16H15NO3S/c1-2-20-15(18)10-7-12-5-8-13(9-6-12)17-16(19)14-4-3-11-21-14/h3-11H,2H2,1H3,(H,17,19). The maximum atomic E-state index is 11.9. The molecular weight excluding hydrogens is 286 g/mol. The molecule has 0 radical (unpaired) electrons. The van der Waals surface area contributed by atoms with Gasteiger partial charge in [-0.05, 0) is 42.1 Å². The molecule has 2 aromatic rings. The molecule has 0 aliphatic rings. The van der Waals surface area contributed by atoms with E-state index in [9.17, 15) is 9.59 Å². The molecule has 0 fully saturated rings. The molecule has 0 bridgehead atoms. The van der Waals surface area contributed by atoms with Crippen molar-refractivity contribution >= 4 is 35.0 Å². The van der Waals surface area contributed by atoms with Crippen molar-refractivity contribution in [1.82, 2.24) is 0 Å². The molecule has 21 heavy (non-hydrogen) atoms. The van der Waals surface area contributed by atoms with Crippen molar-refractivity contribution in [3.63, 3.8) is 0 Å². The summed E-state index contributed by atoms with van der Waals surface area (Å²) in [5, 5.41) is 4.67. The molecule has 1 aromatic carbocycles. The summed E-state index contributed by atoms with van der Waals surface area (Å²) in [5.41, 5.74) is 1.57. The van der Waals surface area contributed by atoms with Gasteiger partial charge in [0.05, 0.1) is 11.5 Å². The highest BCUT2D eigenvalue weighted by Gasteiger charge is 2.06. The normalized spacial score (nSPS) is 10.5. The lowest BCUT2D eigenvalue weighted by Gasteiger charge is -2.03. The van der Waals surface area contributed by atoms with Gasteiger partial charge in [0.1, 0.15) is 0 Å². The van der Waals surface area contributed by atoms with Crippen LogP contribution in [-0.2, 0) is 9.53 Å². The van der Waals surface area contributed by atoms with E-state index in [0.29, 0.717) is 17.2 Å². The van der Waals surface area contributed by atoms with E-state index in [1.807, 2.05) is 23.6 Å². The maximum Gasteiger partial charge on any atom is 0.330 e. The van der Waals surface area contributed by atoms with Crippen molar-refractivity contribution < 1.29 is 14.3 Å². The summed E-state index contributed by atoms with van der Waals surface area (Å²) in [5.74, 6) is -0.493. The fourth-order valence-corrected chi connectivity index (χ4v) is 2.25. The average Bonchev–Trinajstić information content (AvgIpc) is 3.01. The summed E-state index contributed by atoms with van der Waals surface area (Å²) in [7, 11) is 0. The molecule has 1 heterocycles. The molecule has 0 atom stereocenters. The zero-order valence-electron chi connectivity index (χ0n) is 11.5. The highest BCUT2D eigenvalue weighted by atomic mass is 32.1. The van der Waals surface area contributed by atoms with E-state index in [2.05, 4.69) is 5.32 Å². The first-order valence-corrected chi connectivity index (χ1v) is 7.37. The van der Waals surface area contributed by atoms with Crippen LogP contribution in [0.3, 0.4) is 0 Å². The molecule has 2 rings (SSSR count). The lowest BCUT2D eigenvalue weighted by atomic mass is 10.2.